The maximum Gasteiger partial charge on any atom is 0.223 e. The number of nitrogens with zero attached hydrogens (tertiary/aromatic N) is 1. The lowest BCUT2D eigenvalue weighted by atomic mass is 10.1. The lowest BCUT2D eigenvalue weighted by molar-refractivity contribution is -0.129. The van der Waals surface area contributed by atoms with Crippen LogP contribution in [0.1, 0.15) is 30.4 Å². The summed E-state index contributed by atoms with van der Waals surface area (Å²) in [4.78, 5) is 14.2. The molecular weight excluding hydrogens is 320 g/mol. The number of hydrogen-bond donors (Lipinski definition) is 1. The fourth-order valence-electron chi connectivity index (χ4n) is 3.19. The Morgan fingerprint density at radius 2 is 1.79 bits per heavy atom. The topological polar surface area (TPSA) is 32.3 Å². The van der Waals surface area contributed by atoms with Gasteiger partial charge in [0.2, 0.25) is 5.91 Å². The van der Waals surface area contributed by atoms with Crippen molar-refractivity contribution in [2.45, 2.75) is 38.4 Å². The molecule has 0 spiro atoms. The zero-order chi connectivity index (χ0) is 16.8. The normalized spacial score (nSPS) is 17.5. The second-order valence-electron chi connectivity index (χ2n) is 6.29. The van der Waals surface area contributed by atoms with Crippen LogP contribution in [-0.4, -0.2) is 23.4 Å². The molecule has 0 bridgehead atoms. The summed E-state index contributed by atoms with van der Waals surface area (Å²) in [5.74, 6) is 0.262. The second kappa shape index (κ2) is 8.32. The lowest BCUT2D eigenvalue weighted by Crippen LogP contribution is -2.34. The van der Waals surface area contributed by atoms with Crippen LogP contribution in [0.25, 0.3) is 0 Å². The SMILES string of the molecule is O=C1CC[C@@H](CCNCc2ccccc2)N1Cc1ccc(Cl)cc1. The minimum atomic E-state index is 0.262. The maximum absolute atomic E-state index is 12.2. The van der Waals surface area contributed by atoms with Crippen LogP contribution in [0.4, 0.5) is 0 Å². The van der Waals surface area contributed by atoms with Crippen LogP contribution < -0.4 is 5.32 Å². The minimum absolute atomic E-state index is 0.262. The van der Waals surface area contributed by atoms with Crippen molar-refractivity contribution in [1.29, 1.82) is 0 Å². The molecule has 2 aromatic rings. The van der Waals surface area contributed by atoms with E-state index in [4.69, 9.17) is 11.6 Å². The van der Waals surface area contributed by atoms with Crippen molar-refractivity contribution in [3.05, 3.63) is 70.7 Å². The van der Waals surface area contributed by atoms with Gasteiger partial charge in [-0.15, -0.1) is 0 Å². The van der Waals surface area contributed by atoms with Crippen molar-refractivity contribution in [2.75, 3.05) is 6.54 Å². The zero-order valence-corrected chi connectivity index (χ0v) is 14.5. The van der Waals surface area contributed by atoms with Gasteiger partial charge < -0.3 is 10.2 Å². The van der Waals surface area contributed by atoms with Crippen molar-refractivity contribution in [1.82, 2.24) is 10.2 Å². The molecule has 0 saturated carbocycles. The summed E-state index contributed by atoms with van der Waals surface area (Å²) >= 11 is 5.93. The minimum Gasteiger partial charge on any atom is -0.335 e. The molecule has 0 aliphatic carbocycles. The molecule has 1 aliphatic rings. The lowest BCUT2D eigenvalue weighted by Gasteiger charge is -2.25. The van der Waals surface area contributed by atoms with E-state index >= 15 is 0 Å². The standard InChI is InChI=1S/C20H23ClN2O/c21-18-8-6-17(7-9-18)15-23-19(10-11-20(23)24)12-13-22-14-16-4-2-1-3-5-16/h1-9,19,22H,10-15H2/t19-/m0/s1. The fourth-order valence-corrected chi connectivity index (χ4v) is 3.32. The Morgan fingerprint density at radius 3 is 2.54 bits per heavy atom. The van der Waals surface area contributed by atoms with Crippen LogP contribution in [0, 0.1) is 0 Å². The summed E-state index contributed by atoms with van der Waals surface area (Å²) < 4.78 is 0. The zero-order valence-electron chi connectivity index (χ0n) is 13.7. The number of benzene rings is 2. The molecule has 1 saturated heterocycles. The van der Waals surface area contributed by atoms with Gasteiger partial charge in [0, 0.05) is 30.6 Å². The quantitative estimate of drug-likeness (QED) is 0.771. The Morgan fingerprint density at radius 1 is 1.04 bits per heavy atom. The highest BCUT2D eigenvalue weighted by Crippen LogP contribution is 2.24. The Bertz CT molecular complexity index is 657. The number of nitrogens with one attached hydrogen (secondary N) is 1. The van der Waals surface area contributed by atoms with Gasteiger partial charge in [-0.05, 0) is 42.6 Å². The van der Waals surface area contributed by atoms with Crippen molar-refractivity contribution < 1.29 is 4.79 Å². The molecule has 3 nitrogen and oxygen atoms in total. The first-order valence-electron chi connectivity index (χ1n) is 8.51. The average molecular weight is 343 g/mol. The van der Waals surface area contributed by atoms with E-state index in [1.54, 1.807) is 0 Å². The molecule has 0 unspecified atom stereocenters. The van der Waals surface area contributed by atoms with E-state index < -0.39 is 0 Å². The highest BCUT2D eigenvalue weighted by Gasteiger charge is 2.30. The molecule has 1 heterocycles. The van der Waals surface area contributed by atoms with Gasteiger partial charge in [-0.1, -0.05) is 54.1 Å². The van der Waals surface area contributed by atoms with Crippen LogP contribution >= 0.6 is 11.6 Å². The van der Waals surface area contributed by atoms with E-state index in [1.807, 2.05) is 35.2 Å². The molecule has 1 atom stereocenters. The molecule has 1 fully saturated rings. The Hall–Kier alpha value is -1.84. The number of likely N-dealkylation sites (tertiary alicyclic amines) is 1. The van der Waals surface area contributed by atoms with Crippen molar-refractivity contribution >= 4 is 17.5 Å². The molecule has 1 N–H and O–H groups in total. The van der Waals surface area contributed by atoms with E-state index in [2.05, 4.69) is 29.6 Å². The molecule has 4 heteroatoms. The van der Waals surface area contributed by atoms with E-state index in [0.29, 0.717) is 19.0 Å². The highest BCUT2D eigenvalue weighted by atomic mass is 35.5. The monoisotopic (exact) mass is 342 g/mol. The molecule has 0 radical (unpaired) electrons. The first-order valence-corrected chi connectivity index (χ1v) is 8.89. The summed E-state index contributed by atoms with van der Waals surface area (Å²) in [5.41, 5.74) is 2.43. The second-order valence-corrected chi connectivity index (χ2v) is 6.73. The van der Waals surface area contributed by atoms with Crippen LogP contribution in [-0.2, 0) is 17.9 Å². The Balaban J connectivity index is 1.48. The highest BCUT2D eigenvalue weighted by molar-refractivity contribution is 6.30. The predicted molar refractivity (Wildman–Crippen MR) is 97.8 cm³/mol. The summed E-state index contributed by atoms with van der Waals surface area (Å²) in [5, 5.41) is 4.21. The fraction of sp³-hybridized carbons (Fsp3) is 0.350. The van der Waals surface area contributed by atoms with Gasteiger partial charge in [0.1, 0.15) is 0 Å². The largest absolute Gasteiger partial charge is 0.335 e. The van der Waals surface area contributed by atoms with Gasteiger partial charge in [-0.25, -0.2) is 0 Å². The summed E-state index contributed by atoms with van der Waals surface area (Å²) in [6.07, 6.45) is 2.61. The van der Waals surface area contributed by atoms with Gasteiger partial charge in [-0.2, -0.15) is 0 Å². The maximum atomic E-state index is 12.2. The third kappa shape index (κ3) is 4.59. The van der Waals surface area contributed by atoms with Gasteiger partial charge in [0.25, 0.3) is 0 Å². The number of amides is 1. The summed E-state index contributed by atoms with van der Waals surface area (Å²) in [7, 11) is 0. The average Bonchev–Trinajstić information content (AvgIpc) is 2.95. The number of carbonyl (C=O) groups excluding carboxylic acids is 1. The van der Waals surface area contributed by atoms with Crippen LogP contribution in [0.5, 0.6) is 0 Å². The van der Waals surface area contributed by atoms with E-state index in [0.717, 1.165) is 36.5 Å². The van der Waals surface area contributed by atoms with Crippen molar-refractivity contribution in [3.8, 4) is 0 Å². The summed E-state index contributed by atoms with van der Waals surface area (Å²) in [6.45, 7) is 2.47. The third-order valence-corrected chi connectivity index (χ3v) is 4.80. The summed E-state index contributed by atoms with van der Waals surface area (Å²) in [6, 6.07) is 18.5. The van der Waals surface area contributed by atoms with Gasteiger partial charge in [-0.3, -0.25) is 4.79 Å². The molecular formula is C20H23ClN2O. The molecule has 1 amide bonds. The number of carbonyl (C=O) groups is 1. The molecule has 126 valence electrons. The van der Waals surface area contributed by atoms with Crippen LogP contribution in [0.15, 0.2) is 54.6 Å². The first-order chi connectivity index (χ1) is 11.7. The van der Waals surface area contributed by atoms with Gasteiger partial charge >= 0.3 is 0 Å². The number of rotatable bonds is 7. The van der Waals surface area contributed by atoms with E-state index in [1.165, 1.54) is 5.56 Å². The predicted octanol–water partition coefficient (Wildman–Crippen LogP) is 4.01. The Labute approximate surface area is 148 Å². The van der Waals surface area contributed by atoms with Crippen LogP contribution in [0.3, 0.4) is 0 Å². The molecule has 1 aliphatic heterocycles. The van der Waals surface area contributed by atoms with Crippen molar-refractivity contribution in [2.24, 2.45) is 0 Å². The Kier molecular flexibility index (Phi) is 5.89. The van der Waals surface area contributed by atoms with Crippen molar-refractivity contribution in [3.63, 3.8) is 0 Å². The van der Waals surface area contributed by atoms with E-state index in [-0.39, 0.29) is 5.91 Å². The molecule has 24 heavy (non-hydrogen) atoms. The van der Waals surface area contributed by atoms with Gasteiger partial charge in [0.05, 0.1) is 0 Å². The first kappa shape index (κ1) is 17.0. The van der Waals surface area contributed by atoms with Gasteiger partial charge in [0.15, 0.2) is 0 Å². The van der Waals surface area contributed by atoms with Crippen LogP contribution in [0.2, 0.25) is 5.02 Å². The molecule has 3 rings (SSSR count). The van der Waals surface area contributed by atoms with E-state index in [9.17, 15) is 4.79 Å². The smallest absolute Gasteiger partial charge is 0.223 e. The third-order valence-electron chi connectivity index (χ3n) is 4.55. The molecule has 2 aromatic carbocycles. The molecule has 0 aromatic heterocycles. The number of hydrogen-bond acceptors (Lipinski definition) is 2. The number of halogens is 1.